The molecule has 0 aromatic heterocycles. The van der Waals surface area contributed by atoms with Gasteiger partial charge in [-0.2, -0.15) is 0 Å². The highest BCUT2D eigenvalue weighted by Gasteiger charge is 2.18. The predicted molar refractivity (Wildman–Crippen MR) is 128 cm³/mol. The van der Waals surface area contributed by atoms with Gasteiger partial charge in [-0.05, 0) is 68.7 Å². The van der Waals surface area contributed by atoms with Gasteiger partial charge in [0.1, 0.15) is 0 Å². The number of alkyl halides is 2. The number of Topliss-reactive ketones (excluding diaryl/α,β-unsaturated/α-hetero) is 1. The molecule has 1 rings (SSSR count). The number of carbonyl (C=O) groups is 2. The first-order chi connectivity index (χ1) is 14.5. The molecule has 0 heterocycles. The van der Waals surface area contributed by atoms with Crippen LogP contribution in [-0.4, -0.2) is 42.6 Å². The average Bonchev–Trinajstić information content (AvgIpc) is 2.75. The van der Waals surface area contributed by atoms with Gasteiger partial charge < -0.3 is 10.6 Å². The molecule has 1 aromatic carbocycles. The second-order valence-electron chi connectivity index (χ2n) is 7.68. The Morgan fingerprint density at radius 1 is 0.967 bits per heavy atom. The molecule has 1 atom stereocenters. The molecule has 0 bridgehead atoms. The highest BCUT2D eigenvalue weighted by Crippen LogP contribution is 2.25. The highest BCUT2D eigenvalue weighted by atomic mass is 35.5. The summed E-state index contributed by atoms with van der Waals surface area (Å²) in [5.74, 6) is 1.75. The minimum Gasteiger partial charge on any atom is -0.346 e. The van der Waals surface area contributed by atoms with Crippen LogP contribution in [0, 0.1) is 0 Å². The van der Waals surface area contributed by atoms with Crippen LogP contribution >= 0.6 is 23.2 Å². The Balaban J connectivity index is 2.45. The summed E-state index contributed by atoms with van der Waals surface area (Å²) < 4.78 is 0. The van der Waals surface area contributed by atoms with Crippen molar-refractivity contribution in [1.82, 2.24) is 10.6 Å². The lowest BCUT2D eigenvalue weighted by Crippen LogP contribution is -2.41. The van der Waals surface area contributed by atoms with Crippen LogP contribution in [-0.2, 0) is 16.0 Å². The van der Waals surface area contributed by atoms with Crippen LogP contribution in [0.25, 0.3) is 0 Å². The molecule has 1 unspecified atom stereocenters. The lowest BCUT2D eigenvalue weighted by molar-refractivity contribution is -0.127. The molecule has 0 saturated heterocycles. The first kappa shape index (κ1) is 26.9. The average molecular weight is 457 g/mol. The molecule has 170 valence electrons. The van der Waals surface area contributed by atoms with Gasteiger partial charge in [0, 0.05) is 24.6 Å². The van der Waals surface area contributed by atoms with E-state index in [1.54, 1.807) is 0 Å². The Kier molecular flexibility index (Phi) is 14.9. The number of hydrogen-bond acceptors (Lipinski definition) is 3. The van der Waals surface area contributed by atoms with Gasteiger partial charge in [0.05, 0.1) is 6.04 Å². The number of aryl methyl sites for hydroxylation is 1. The maximum atomic E-state index is 12.3. The predicted octanol–water partition coefficient (Wildman–Crippen LogP) is 5.20. The fourth-order valence-corrected chi connectivity index (χ4v) is 4.11. The summed E-state index contributed by atoms with van der Waals surface area (Å²) in [7, 11) is 0. The molecule has 1 amide bonds. The van der Waals surface area contributed by atoms with E-state index in [0.29, 0.717) is 36.9 Å². The molecule has 30 heavy (non-hydrogen) atoms. The summed E-state index contributed by atoms with van der Waals surface area (Å²) in [4.78, 5) is 24.5. The summed E-state index contributed by atoms with van der Waals surface area (Å²) in [6.45, 7) is 5.69. The van der Waals surface area contributed by atoms with E-state index in [1.165, 1.54) is 11.1 Å². The van der Waals surface area contributed by atoms with Crippen LogP contribution in [0.5, 0.6) is 0 Å². The molecule has 6 heteroatoms. The summed E-state index contributed by atoms with van der Waals surface area (Å²) in [5, 5.41) is 6.20. The van der Waals surface area contributed by atoms with Crippen LogP contribution in [0.4, 0.5) is 0 Å². The smallest absolute Gasteiger partial charge is 0.220 e. The van der Waals surface area contributed by atoms with E-state index in [0.717, 1.165) is 45.2 Å². The summed E-state index contributed by atoms with van der Waals surface area (Å²) in [6, 6.07) is 8.21. The van der Waals surface area contributed by atoms with Crippen LogP contribution < -0.4 is 10.6 Å². The lowest BCUT2D eigenvalue weighted by Gasteiger charge is -2.17. The van der Waals surface area contributed by atoms with Gasteiger partial charge in [-0.25, -0.2) is 0 Å². The van der Waals surface area contributed by atoms with Gasteiger partial charge in [0.2, 0.25) is 5.91 Å². The van der Waals surface area contributed by atoms with Crippen molar-refractivity contribution in [3.63, 3.8) is 0 Å². The zero-order valence-corrected chi connectivity index (χ0v) is 20.0. The first-order valence-corrected chi connectivity index (χ1v) is 12.4. The van der Waals surface area contributed by atoms with E-state index in [2.05, 4.69) is 41.8 Å². The molecule has 0 fully saturated rings. The third kappa shape index (κ3) is 10.8. The Labute approximate surface area is 192 Å². The second kappa shape index (κ2) is 16.6. The Morgan fingerprint density at radius 2 is 1.63 bits per heavy atom. The number of nitrogens with one attached hydrogen (secondary N) is 2. The van der Waals surface area contributed by atoms with Crippen LogP contribution in [0.3, 0.4) is 0 Å². The van der Waals surface area contributed by atoms with Crippen molar-refractivity contribution in [3.05, 3.63) is 35.4 Å². The van der Waals surface area contributed by atoms with E-state index in [9.17, 15) is 9.59 Å². The maximum Gasteiger partial charge on any atom is 0.220 e. The molecule has 4 nitrogen and oxygen atoms in total. The lowest BCUT2D eigenvalue weighted by atomic mass is 9.92. The number of carbonyl (C=O) groups excluding carboxylic acids is 2. The van der Waals surface area contributed by atoms with Crippen LogP contribution in [0.2, 0.25) is 0 Å². The van der Waals surface area contributed by atoms with Gasteiger partial charge >= 0.3 is 0 Å². The summed E-state index contributed by atoms with van der Waals surface area (Å²) in [6.07, 6.45) is 5.93. The van der Waals surface area contributed by atoms with E-state index in [4.69, 9.17) is 23.2 Å². The van der Waals surface area contributed by atoms with E-state index < -0.39 is 0 Å². The quantitative estimate of drug-likeness (QED) is 0.250. The normalized spacial score (nSPS) is 12.2. The number of amides is 1. The van der Waals surface area contributed by atoms with Crippen molar-refractivity contribution in [3.8, 4) is 0 Å². The van der Waals surface area contributed by atoms with Gasteiger partial charge in [0.25, 0.3) is 0 Å². The molecule has 0 aliphatic heterocycles. The van der Waals surface area contributed by atoms with E-state index in [-0.39, 0.29) is 17.7 Å². The third-order valence-electron chi connectivity index (χ3n) is 5.40. The Hall–Kier alpha value is -1.10. The second-order valence-corrected chi connectivity index (χ2v) is 8.44. The van der Waals surface area contributed by atoms with Gasteiger partial charge in [-0.15, -0.1) is 23.2 Å². The molecule has 0 aliphatic carbocycles. The Morgan fingerprint density at radius 3 is 2.20 bits per heavy atom. The molecule has 0 saturated carbocycles. The summed E-state index contributed by atoms with van der Waals surface area (Å²) >= 11 is 11.8. The van der Waals surface area contributed by atoms with Crippen molar-refractivity contribution < 1.29 is 9.59 Å². The van der Waals surface area contributed by atoms with Crippen LogP contribution in [0.15, 0.2) is 24.3 Å². The number of rotatable bonds is 17. The van der Waals surface area contributed by atoms with Gasteiger partial charge in [-0.1, -0.05) is 38.1 Å². The summed E-state index contributed by atoms with van der Waals surface area (Å²) in [5.41, 5.74) is 2.49. The fourth-order valence-electron chi connectivity index (χ4n) is 3.59. The SMILES string of the molecule is CCNCCCC(NC(=O)CCCc1ccc(C(CCCl)CCCl)cc1)C(=O)CC. The molecular weight excluding hydrogens is 419 g/mol. The number of ketones is 1. The molecule has 0 radical (unpaired) electrons. The van der Waals surface area contributed by atoms with Crippen molar-refractivity contribution in [2.24, 2.45) is 0 Å². The van der Waals surface area contributed by atoms with Crippen molar-refractivity contribution >= 4 is 34.9 Å². The first-order valence-electron chi connectivity index (χ1n) is 11.3. The van der Waals surface area contributed by atoms with Gasteiger partial charge in [0.15, 0.2) is 5.78 Å². The third-order valence-corrected chi connectivity index (χ3v) is 5.84. The van der Waals surface area contributed by atoms with Crippen molar-refractivity contribution in [2.45, 2.75) is 77.2 Å². The molecule has 1 aromatic rings. The van der Waals surface area contributed by atoms with E-state index >= 15 is 0 Å². The Bertz CT molecular complexity index is 602. The molecular formula is C24H38Cl2N2O2. The van der Waals surface area contributed by atoms with Crippen LogP contribution in [0.1, 0.15) is 75.8 Å². The van der Waals surface area contributed by atoms with Crippen molar-refractivity contribution in [1.29, 1.82) is 0 Å². The van der Waals surface area contributed by atoms with E-state index in [1.807, 2.05) is 6.92 Å². The molecule has 2 N–H and O–H groups in total. The molecule has 0 aliphatic rings. The zero-order valence-electron chi connectivity index (χ0n) is 18.5. The maximum absolute atomic E-state index is 12.3. The fraction of sp³-hybridized carbons (Fsp3) is 0.667. The largest absolute Gasteiger partial charge is 0.346 e. The minimum absolute atomic E-state index is 0.0360. The minimum atomic E-state index is -0.360. The number of hydrogen-bond donors (Lipinski definition) is 2. The molecule has 0 spiro atoms. The van der Waals surface area contributed by atoms with Crippen molar-refractivity contribution in [2.75, 3.05) is 24.8 Å². The standard InChI is InChI=1S/C24H38Cl2N2O2/c1-3-23(29)22(8-6-18-27-4-2)28-24(30)9-5-7-19-10-12-20(13-11-19)21(14-16-25)15-17-26/h10-13,21-22,27H,3-9,14-18H2,1-2H3,(H,28,30). The highest BCUT2D eigenvalue weighted by molar-refractivity contribution is 6.18. The topological polar surface area (TPSA) is 58.2 Å². The number of halogens is 2. The number of benzene rings is 1. The van der Waals surface area contributed by atoms with Gasteiger partial charge in [-0.3, -0.25) is 9.59 Å². The zero-order chi connectivity index (χ0) is 22.2. The monoisotopic (exact) mass is 456 g/mol.